The number of rotatable bonds is 8. The second kappa shape index (κ2) is 16.1. The smallest absolute Gasteiger partial charge is 0.340 e. The van der Waals surface area contributed by atoms with Crippen LogP contribution in [-0.2, 0) is 10.8 Å². The van der Waals surface area contributed by atoms with E-state index in [1.807, 2.05) is 13.8 Å². The zero-order valence-electron chi connectivity index (χ0n) is 34.5. The number of furan rings is 2. The third kappa shape index (κ3) is 8.30. The molecular weight excluding hydrogens is 697 g/mol. The zero-order valence-corrected chi connectivity index (χ0v) is 34.5. The minimum Gasteiger partial charge on any atom is -0.466 e. The van der Waals surface area contributed by atoms with Crippen molar-refractivity contribution in [1.29, 1.82) is 0 Å². The number of nitrogens with zero attached hydrogens (tertiary/aromatic N) is 4. The van der Waals surface area contributed by atoms with E-state index in [9.17, 15) is 0 Å². The Morgan fingerprint density at radius 2 is 1.38 bits per heavy atom. The summed E-state index contributed by atoms with van der Waals surface area (Å²) in [5.74, 6) is 6.61. The van der Waals surface area contributed by atoms with Crippen LogP contribution in [-0.4, -0.2) is 72.8 Å². The van der Waals surface area contributed by atoms with Gasteiger partial charge in [0, 0.05) is 66.5 Å². The van der Waals surface area contributed by atoms with Gasteiger partial charge in [0.2, 0.25) is 0 Å². The monoisotopic (exact) mass is 754 g/mol. The molecule has 5 aliphatic heterocycles. The number of carbonyl (C=O) groups excluding carboxylic acids is 1. The van der Waals surface area contributed by atoms with Crippen molar-refractivity contribution in [2.75, 3.05) is 52.4 Å². The molecule has 1 fully saturated rings. The lowest BCUT2D eigenvalue weighted by molar-refractivity contribution is -0.397. The van der Waals surface area contributed by atoms with E-state index in [-0.39, 0.29) is 5.92 Å². The van der Waals surface area contributed by atoms with E-state index in [2.05, 4.69) is 123 Å². The molecule has 0 saturated carbocycles. The summed E-state index contributed by atoms with van der Waals surface area (Å²) in [6, 6.07) is 2.08. The van der Waals surface area contributed by atoms with Crippen molar-refractivity contribution in [3.8, 4) is 0 Å². The number of nitrogens with one attached hydrogen (secondary N) is 2. The Morgan fingerprint density at radius 1 is 0.786 bits per heavy atom. The lowest BCUT2D eigenvalue weighted by Gasteiger charge is -2.41. The minimum atomic E-state index is 0.126. The van der Waals surface area contributed by atoms with Gasteiger partial charge in [-0.3, -0.25) is 9.80 Å². The normalized spacial score (nSPS) is 22.9. The molecule has 2 aromatic rings. The summed E-state index contributed by atoms with van der Waals surface area (Å²) in [7, 11) is 0. The van der Waals surface area contributed by atoms with Gasteiger partial charge in [0.05, 0.1) is 18.1 Å². The molecule has 0 aromatic carbocycles. The molecule has 7 heterocycles. The average Bonchev–Trinajstić information content (AvgIpc) is 3.76. The third-order valence-electron chi connectivity index (χ3n) is 11.5. The Kier molecular flexibility index (Phi) is 11.2. The summed E-state index contributed by atoms with van der Waals surface area (Å²) in [4.78, 5) is 7.47. The van der Waals surface area contributed by atoms with Crippen LogP contribution in [0.25, 0.3) is 16.5 Å². The van der Waals surface area contributed by atoms with Crippen molar-refractivity contribution < 1.29 is 13.3 Å². The standard InChI is InChI=1S/C47H58N6O3/c1-12-43-35(9)47(56-37(43)11)39-21-30(4)49-42(24-39)27-52-14-13-51(26-41-23-38(20-29(3)48-41)45-28(2)19-32(6)54-45)15-17-53(18-16-52)44-25-40(22-31(5)50-44)46-34(8)33(7)36(10)55-46/h19-21,23-25,34,48-49H,3-5,7,12-18,22,26-27H2,1-2,6,8-11H3. The van der Waals surface area contributed by atoms with Crippen molar-refractivity contribution in [2.24, 2.45) is 5.92 Å². The predicted molar refractivity (Wildman–Crippen MR) is 228 cm³/mol. The fourth-order valence-corrected chi connectivity index (χ4v) is 8.51. The second-order valence-corrected chi connectivity index (χ2v) is 15.8. The van der Waals surface area contributed by atoms with Crippen molar-refractivity contribution in [2.45, 2.75) is 61.3 Å². The van der Waals surface area contributed by atoms with Gasteiger partial charge in [-0.1, -0.05) is 50.8 Å². The first-order chi connectivity index (χ1) is 26.8. The summed E-state index contributed by atoms with van der Waals surface area (Å²) in [5, 5.41) is 12.2. The van der Waals surface area contributed by atoms with Crippen LogP contribution in [0.15, 0.2) is 123 Å². The Balaban J connectivity index is 1.17. The van der Waals surface area contributed by atoms with Gasteiger partial charge < -0.3 is 29.7 Å². The van der Waals surface area contributed by atoms with Gasteiger partial charge in [-0.2, -0.15) is 0 Å². The van der Waals surface area contributed by atoms with Crippen molar-refractivity contribution >= 4 is 16.9 Å². The van der Waals surface area contributed by atoms with E-state index in [0.717, 1.165) is 156 Å². The number of hydrogen-bond donors (Lipinski definition) is 2. The van der Waals surface area contributed by atoms with Crippen LogP contribution < -0.4 is 10.6 Å². The zero-order chi connectivity index (χ0) is 39.8. The Hall–Kier alpha value is -5.25. The maximum Gasteiger partial charge on any atom is 0.340 e. The summed E-state index contributed by atoms with van der Waals surface area (Å²) in [6.45, 7) is 38.4. The van der Waals surface area contributed by atoms with Gasteiger partial charge in [-0.15, -0.1) is 0 Å². The molecule has 7 rings (SSSR count). The van der Waals surface area contributed by atoms with Crippen LogP contribution in [0.4, 0.5) is 0 Å². The molecule has 0 aliphatic carbocycles. The van der Waals surface area contributed by atoms with Gasteiger partial charge in [-0.05, 0) is 114 Å². The molecule has 0 radical (unpaired) electrons. The average molecular weight is 755 g/mol. The highest BCUT2D eigenvalue weighted by molar-refractivity contribution is 5.95. The molecule has 9 heteroatoms. The quantitative estimate of drug-likeness (QED) is 0.206. The third-order valence-corrected chi connectivity index (χ3v) is 11.5. The van der Waals surface area contributed by atoms with Gasteiger partial charge in [0.25, 0.3) is 0 Å². The van der Waals surface area contributed by atoms with E-state index in [4.69, 9.17) is 18.6 Å². The first-order valence-electron chi connectivity index (χ1n) is 19.9. The van der Waals surface area contributed by atoms with Crippen LogP contribution >= 0.6 is 0 Å². The molecular formula is C47H58N6O3. The highest BCUT2D eigenvalue weighted by Crippen LogP contribution is 2.38. The van der Waals surface area contributed by atoms with Gasteiger partial charge >= 0.3 is 11.5 Å². The van der Waals surface area contributed by atoms with Crippen LogP contribution in [0, 0.1) is 33.6 Å². The summed E-state index contributed by atoms with van der Waals surface area (Å²) < 4.78 is 18.7. The van der Waals surface area contributed by atoms with E-state index in [1.54, 1.807) is 0 Å². The molecule has 2 aromatic heterocycles. The summed E-state index contributed by atoms with van der Waals surface area (Å²) in [5.41, 5.74) is 12.6. The van der Waals surface area contributed by atoms with Crippen LogP contribution in [0.1, 0.15) is 66.9 Å². The molecule has 2 N–H and O–H groups in total. The summed E-state index contributed by atoms with van der Waals surface area (Å²) in [6.07, 6.45) is 12.4. The fraction of sp³-hybridized carbons (Fsp3) is 0.383. The highest BCUT2D eigenvalue weighted by Gasteiger charge is 2.38. The molecule has 9 nitrogen and oxygen atoms in total. The van der Waals surface area contributed by atoms with Crippen LogP contribution in [0.5, 0.6) is 0 Å². The Morgan fingerprint density at radius 3 is 1.89 bits per heavy atom. The van der Waals surface area contributed by atoms with Crippen molar-refractivity contribution in [3.63, 3.8) is 0 Å². The summed E-state index contributed by atoms with van der Waals surface area (Å²) >= 11 is 0. The Labute approximate surface area is 333 Å². The lowest BCUT2D eigenvalue weighted by Crippen LogP contribution is -2.40. The molecule has 1 atom stereocenters. The molecule has 0 amide bonds. The largest absolute Gasteiger partial charge is 0.466 e. The van der Waals surface area contributed by atoms with E-state index >= 15 is 0 Å². The first-order valence-corrected chi connectivity index (χ1v) is 19.9. The second-order valence-electron chi connectivity index (χ2n) is 15.8. The molecule has 0 bridgehead atoms. The number of hydrogen-bond acceptors (Lipinski definition) is 7. The molecule has 1 saturated heterocycles. The molecule has 5 aliphatic rings. The van der Waals surface area contributed by atoms with Gasteiger partial charge in [0.1, 0.15) is 29.0 Å². The van der Waals surface area contributed by atoms with E-state index in [0.29, 0.717) is 6.42 Å². The Bertz CT molecular complexity index is 2210. The number of dihydropyridines is 2. The maximum absolute atomic E-state index is 6.33. The van der Waals surface area contributed by atoms with Gasteiger partial charge in [-0.25, -0.2) is 4.42 Å². The van der Waals surface area contributed by atoms with E-state index in [1.165, 1.54) is 11.1 Å². The predicted octanol–water partition coefficient (Wildman–Crippen LogP) is 8.77. The van der Waals surface area contributed by atoms with Crippen molar-refractivity contribution in [3.05, 3.63) is 159 Å². The number of aryl methyl sites for hydroxylation is 3. The molecule has 294 valence electrons. The molecule has 1 unspecified atom stereocenters. The van der Waals surface area contributed by atoms with Gasteiger partial charge in [0.15, 0.2) is 0 Å². The maximum atomic E-state index is 6.33. The molecule has 56 heavy (non-hydrogen) atoms. The van der Waals surface area contributed by atoms with E-state index < -0.39 is 0 Å². The fourth-order valence-electron chi connectivity index (χ4n) is 8.51. The first kappa shape index (κ1) is 39.0. The lowest BCUT2D eigenvalue weighted by atomic mass is 9.94. The van der Waals surface area contributed by atoms with Crippen LogP contribution in [0.3, 0.4) is 0 Å². The topological polar surface area (TPSA) is 85.5 Å². The molecule has 0 spiro atoms. The number of allylic oxidation sites excluding steroid dienone is 9. The SMILES string of the molecule is C=C1CC(=C2[O+]=C(C)C(=C)C2C)C=C(N2CCN(CC3=CC(c4oc(C)cc4C)=CC(=C)N3)CCN(CC3=CC(c4oc(C)c(CC)c4C)=CC(=C)N3)CC2)[N-]1. The van der Waals surface area contributed by atoms with Crippen molar-refractivity contribution in [1.82, 2.24) is 25.3 Å². The number of ketones is 1. The minimum absolute atomic E-state index is 0.126. The van der Waals surface area contributed by atoms with Crippen LogP contribution in [0.2, 0.25) is 0 Å². The highest BCUT2D eigenvalue weighted by atomic mass is 16.4.